The molecule has 5 nitrogen and oxygen atoms in total. The van der Waals surface area contributed by atoms with Gasteiger partial charge in [-0.15, -0.1) is 0 Å². The number of nitrogens with zero attached hydrogens (tertiary/aromatic N) is 3. The molecule has 0 bridgehead atoms. The fourth-order valence-electron chi connectivity index (χ4n) is 2.76. The second kappa shape index (κ2) is 5.81. The maximum absolute atomic E-state index is 12.6. The van der Waals surface area contributed by atoms with Gasteiger partial charge in [-0.2, -0.15) is 11.3 Å². The first-order valence-electron chi connectivity index (χ1n) is 7.05. The minimum Gasteiger partial charge on any atom is -0.373 e. The minimum atomic E-state index is 0.0474. The number of carbonyl (C=O) groups is 1. The smallest absolute Gasteiger partial charge is 0.255 e. The third-order valence-corrected chi connectivity index (χ3v) is 4.42. The summed E-state index contributed by atoms with van der Waals surface area (Å²) in [4.78, 5) is 23.4. The SMILES string of the molecule is CNc1cc([C@@H]2CCCN2C(=O)c2ccsc2)nc(C)n1. The molecule has 0 saturated carbocycles. The van der Waals surface area contributed by atoms with Crippen LogP contribution in [0, 0.1) is 6.92 Å². The number of carbonyl (C=O) groups excluding carboxylic acids is 1. The van der Waals surface area contributed by atoms with Crippen molar-refractivity contribution in [1.29, 1.82) is 0 Å². The lowest BCUT2D eigenvalue weighted by atomic mass is 10.1. The first-order valence-corrected chi connectivity index (χ1v) is 8.00. The van der Waals surface area contributed by atoms with Crippen molar-refractivity contribution in [2.75, 3.05) is 18.9 Å². The number of hydrogen-bond donors (Lipinski definition) is 1. The van der Waals surface area contributed by atoms with E-state index in [9.17, 15) is 4.79 Å². The van der Waals surface area contributed by atoms with E-state index in [0.29, 0.717) is 0 Å². The van der Waals surface area contributed by atoms with Gasteiger partial charge in [0.2, 0.25) is 0 Å². The number of rotatable bonds is 3. The fraction of sp³-hybridized carbons (Fsp3) is 0.400. The molecule has 6 heteroatoms. The van der Waals surface area contributed by atoms with Crippen molar-refractivity contribution in [2.24, 2.45) is 0 Å². The zero-order valence-corrected chi connectivity index (χ0v) is 13.0. The third kappa shape index (κ3) is 2.76. The predicted molar refractivity (Wildman–Crippen MR) is 83.6 cm³/mol. The first kappa shape index (κ1) is 14.0. The topological polar surface area (TPSA) is 58.1 Å². The Morgan fingerprint density at radius 1 is 1.48 bits per heavy atom. The molecule has 1 fully saturated rings. The third-order valence-electron chi connectivity index (χ3n) is 3.74. The predicted octanol–water partition coefficient (Wildman–Crippen LogP) is 2.87. The number of aromatic nitrogens is 2. The molecular weight excluding hydrogens is 284 g/mol. The average Bonchev–Trinajstić information content (AvgIpc) is 3.17. The van der Waals surface area contributed by atoms with E-state index in [4.69, 9.17) is 0 Å². The van der Waals surface area contributed by atoms with E-state index in [2.05, 4.69) is 15.3 Å². The van der Waals surface area contributed by atoms with Crippen molar-refractivity contribution in [1.82, 2.24) is 14.9 Å². The molecule has 2 aromatic rings. The molecule has 1 aliphatic heterocycles. The van der Waals surface area contributed by atoms with Crippen molar-refractivity contribution >= 4 is 23.1 Å². The van der Waals surface area contributed by atoms with Gasteiger partial charge in [0, 0.05) is 25.0 Å². The monoisotopic (exact) mass is 302 g/mol. The number of amides is 1. The first-order chi connectivity index (χ1) is 10.2. The molecule has 0 spiro atoms. The highest BCUT2D eigenvalue weighted by Crippen LogP contribution is 2.33. The normalized spacial score (nSPS) is 18.0. The van der Waals surface area contributed by atoms with Crippen LogP contribution in [0.1, 0.15) is 40.8 Å². The highest BCUT2D eigenvalue weighted by molar-refractivity contribution is 7.08. The van der Waals surface area contributed by atoms with E-state index < -0.39 is 0 Å². The quantitative estimate of drug-likeness (QED) is 0.947. The number of nitrogens with one attached hydrogen (secondary N) is 1. The van der Waals surface area contributed by atoms with Gasteiger partial charge in [0.05, 0.1) is 17.3 Å². The molecule has 0 radical (unpaired) electrons. The van der Waals surface area contributed by atoms with Gasteiger partial charge in [-0.3, -0.25) is 4.79 Å². The van der Waals surface area contributed by atoms with E-state index in [0.717, 1.165) is 42.3 Å². The van der Waals surface area contributed by atoms with Gasteiger partial charge >= 0.3 is 0 Å². The van der Waals surface area contributed by atoms with Crippen LogP contribution in [0.3, 0.4) is 0 Å². The maximum atomic E-state index is 12.6. The standard InChI is InChI=1S/C15H18N4OS/c1-10-17-12(8-14(16-2)18-10)13-4-3-6-19(13)15(20)11-5-7-21-9-11/h5,7-9,13H,3-4,6H2,1-2H3,(H,16,17,18)/t13-/m0/s1. The van der Waals surface area contributed by atoms with Crippen molar-refractivity contribution in [3.05, 3.63) is 40.0 Å². The van der Waals surface area contributed by atoms with Crippen LogP contribution in [0.15, 0.2) is 22.9 Å². The van der Waals surface area contributed by atoms with Gasteiger partial charge in [0.25, 0.3) is 5.91 Å². The molecule has 0 aromatic carbocycles. The summed E-state index contributed by atoms with van der Waals surface area (Å²) >= 11 is 1.55. The van der Waals surface area contributed by atoms with Crippen LogP contribution in [0.5, 0.6) is 0 Å². The lowest BCUT2D eigenvalue weighted by molar-refractivity contribution is 0.0733. The molecule has 2 aromatic heterocycles. The van der Waals surface area contributed by atoms with E-state index in [1.54, 1.807) is 11.3 Å². The van der Waals surface area contributed by atoms with Crippen LogP contribution in [0.2, 0.25) is 0 Å². The maximum Gasteiger partial charge on any atom is 0.255 e. The Morgan fingerprint density at radius 2 is 2.33 bits per heavy atom. The van der Waals surface area contributed by atoms with Gasteiger partial charge < -0.3 is 10.2 Å². The largest absolute Gasteiger partial charge is 0.373 e. The highest BCUT2D eigenvalue weighted by Gasteiger charge is 2.32. The average molecular weight is 302 g/mol. The molecule has 3 rings (SSSR count). The number of likely N-dealkylation sites (tertiary alicyclic amines) is 1. The molecule has 21 heavy (non-hydrogen) atoms. The van der Waals surface area contributed by atoms with Crippen molar-refractivity contribution in [3.8, 4) is 0 Å². The summed E-state index contributed by atoms with van der Waals surface area (Å²) in [5.74, 6) is 1.63. The highest BCUT2D eigenvalue weighted by atomic mass is 32.1. The molecule has 0 aliphatic carbocycles. The lowest BCUT2D eigenvalue weighted by Gasteiger charge is -2.24. The zero-order chi connectivity index (χ0) is 14.8. The van der Waals surface area contributed by atoms with Gasteiger partial charge in [-0.05, 0) is 31.2 Å². The van der Waals surface area contributed by atoms with Gasteiger partial charge in [-0.1, -0.05) is 0 Å². The van der Waals surface area contributed by atoms with Gasteiger partial charge in [0.15, 0.2) is 0 Å². The van der Waals surface area contributed by atoms with E-state index in [1.165, 1.54) is 0 Å². The molecule has 110 valence electrons. The van der Waals surface area contributed by atoms with Gasteiger partial charge in [-0.25, -0.2) is 9.97 Å². The molecule has 1 saturated heterocycles. The molecule has 1 aliphatic rings. The summed E-state index contributed by atoms with van der Waals surface area (Å²) in [6.07, 6.45) is 1.97. The molecular formula is C15H18N4OS. The minimum absolute atomic E-state index is 0.0474. The van der Waals surface area contributed by atoms with Crippen molar-refractivity contribution in [3.63, 3.8) is 0 Å². The van der Waals surface area contributed by atoms with E-state index >= 15 is 0 Å². The molecule has 1 atom stereocenters. The van der Waals surface area contributed by atoms with Crippen LogP contribution in [-0.2, 0) is 0 Å². The second-order valence-corrected chi connectivity index (χ2v) is 5.92. The van der Waals surface area contributed by atoms with Crippen LogP contribution in [0.25, 0.3) is 0 Å². The summed E-state index contributed by atoms with van der Waals surface area (Å²) < 4.78 is 0. The Hall–Kier alpha value is -1.95. The van der Waals surface area contributed by atoms with E-state index in [1.807, 2.05) is 41.8 Å². The fourth-order valence-corrected chi connectivity index (χ4v) is 3.39. The Balaban J connectivity index is 1.90. The Bertz CT molecular complexity index is 641. The van der Waals surface area contributed by atoms with Crippen LogP contribution in [0.4, 0.5) is 5.82 Å². The summed E-state index contributed by atoms with van der Waals surface area (Å²) in [7, 11) is 1.84. The lowest BCUT2D eigenvalue weighted by Crippen LogP contribution is -2.30. The van der Waals surface area contributed by atoms with Crippen LogP contribution >= 0.6 is 11.3 Å². The summed E-state index contributed by atoms with van der Waals surface area (Å²) in [5.41, 5.74) is 1.69. The van der Waals surface area contributed by atoms with Crippen LogP contribution < -0.4 is 5.32 Å². The molecule has 0 unspecified atom stereocenters. The van der Waals surface area contributed by atoms with E-state index in [-0.39, 0.29) is 11.9 Å². The van der Waals surface area contributed by atoms with Gasteiger partial charge in [0.1, 0.15) is 11.6 Å². The Morgan fingerprint density at radius 3 is 3.05 bits per heavy atom. The van der Waals surface area contributed by atoms with Crippen molar-refractivity contribution in [2.45, 2.75) is 25.8 Å². The zero-order valence-electron chi connectivity index (χ0n) is 12.2. The summed E-state index contributed by atoms with van der Waals surface area (Å²) in [6, 6.07) is 3.87. The number of thiophene rings is 1. The second-order valence-electron chi connectivity index (χ2n) is 5.14. The number of anilines is 1. The van der Waals surface area contributed by atoms with Crippen LogP contribution in [-0.4, -0.2) is 34.4 Å². The number of hydrogen-bond acceptors (Lipinski definition) is 5. The summed E-state index contributed by atoms with van der Waals surface area (Å²) in [6.45, 7) is 2.67. The Labute approximate surface area is 128 Å². The Kier molecular flexibility index (Phi) is 3.88. The molecule has 3 heterocycles. The molecule has 1 amide bonds. The number of aryl methyl sites for hydroxylation is 1. The summed E-state index contributed by atoms with van der Waals surface area (Å²) in [5, 5.41) is 6.89. The molecule has 1 N–H and O–H groups in total. The van der Waals surface area contributed by atoms with Crippen molar-refractivity contribution < 1.29 is 4.79 Å².